The first-order chi connectivity index (χ1) is 8.42. The van der Waals surface area contributed by atoms with Gasteiger partial charge in [-0.1, -0.05) is 11.6 Å². The zero-order chi connectivity index (χ0) is 13.3. The molecule has 1 N–H and O–H groups in total. The van der Waals surface area contributed by atoms with Crippen molar-refractivity contribution in [2.75, 3.05) is 16.6 Å². The summed E-state index contributed by atoms with van der Waals surface area (Å²) in [7, 11) is -3.38. The number of nitrogens with zero attached hydrogens (tertiary/aromatic N) is 1. The highest BCUT2D eigenvalue weighted by atomic mass is 32.2. The summed E-state index contributed by atoms with van der Waals surface area (Å²) in [5.74, 6) is -1.02. The molecule has 0 saturated carbocycles. The molecule has 0 amide bonds. The van der Waals surface area contributed by atoms with E-state index in [1.54, 1.807) is 19.1 Å². The van der Waals surface area contributed by atoms with Gasteiger partial charge >= 0.3 is 5.97 Å². The van der Waals surface area contributed by atoms with Crippen LogP contribution < -0.4 is 4.31 Å². The molecule has 0 bridgehead atoms. The molecule has 5 nitrogen and oxygen atoms in total. The smallest absolute Gasteiger partial charge is 0.337 e. The molecule has 6 heteroatoms. The Labute approximate surface area is 106 Å². The number of aryl methyl sites for hydroxylation is 1. The fourth-order valence-corrected chi connectivity index (χ4v) is 3.75. The van der Waals surface area contributed by atoms with Gasteiger partial charge in [0, 0.05) is 6.54 Å². The Morgan fingerprint density at radius 1 is 1.33 bits per heavy atom. The van der Waals surface area contributed by atoms with E-state index in [9.17, 15) is 13.2 Å². The second-order valence-electron chi connectivity index (χ2n) is 4.42. The van der Waals surface area contributed by atoms with E-state index >= 15 is 0 Å². The maximum atomic E-state index is 12.0. The molecule has 1 aromatic rings. The Bertz CT molecular complexity index is 580. The number of anilines is 1. The third kappa shape index (κ3) is 2.33. The molecule has 0 spiro atoms. The van der Waals surface area contributed by atoms with Crippen molar-refractivity contribution in [1.82, 2.24) is 0 Å². The van der Waals surface area contributed by atoms with Gasteiger partial charge in [0.05, 0.1) is 17.0 Å². The minimum atomic E-state index is -3.38. The van der Waals surface area contributed by atoms with Gasteiger partial charge in [-0.25, -0.2) is 13.2 Å². The summed E-state index contributed by atoms with van der Waals surface area (Å²) >= 11 is 0. The quantitative estimate of drug-likeness (QED) is 0.885. The van der Waals surface area contributed by atoms with E-state index in [2.05, 4.69) is 0 Å². The Hall–Kier alpha value is -1.56. The Balaban J connectivity index is 2.53. The van der Waals surface area contributed by atoms with Gasteiger partial charge in [-0.2, -0.15) is 0 Å². The number of hydrogen-bond acceptors (Lipinski definition) is 3. The van der Waals surface area contributed by atoms with Crippen LogP contribution in [-0.2, 0) is 10.0 Å². The lowest BCUT2D eigenvalue weighted by molar-refractivity contribution is 0.0697. The number of carbonyl (C=O) groups is 1. The van der Waals surface area contributed by atoms with Gasteiger partial charge in [0.15, 0.2) is 0 Å². The molecule has 18 heavy (non-hydrogen) atoms. The third-order valence-corrected chi connectivity index (χ3v) is 4.86. The monoisotopic (exact) mass is 269 g/mol. The second-order valence-corrected chi connectivity index (χ2v) is 6.43. The Morgan fingerprint density at radius 3 is 2.67 bits per heavy atom. The van der Waals surface area contributed by atoms with E-state index < -0.39 is 16.0 Å². The van der Waals surface area contributed by atoms with Crippen molar-refractivity contribution in [3.8, 4) is 0 Å². The zero-order valence-electron chi connectivity index (χ0n) is 10.1. The number of benzene rings is 1. The molecule has 0 aliphatic carbocycles. The van der Waals surface area contributed by atoms with E-state index in [1.807, 2.05) is 0 Å². The van der Waals surface area contributed by atoms with Crippen LogP contribution in [0.3, 0.4) is 0 Å². The standard InChI is InChI=1S/C12H15NO4S/c1-9-4-5-11(10(8-9)12(14)15)13-6-2-3-7-18(13,16)17/h4-5,8H,2-3,6-7H2,1H3,(H,14,15). The number of hydrogen-bond donors (Lipinski definition) is 1. The van der Waals surface area contributed by atoms with Crippen LogP contribution in [0.4, 0.5) is 5.69 Å². The fourth-order valence-electron chi connectivity index (χ4n) is 2.10. The molecule has 2 rings (SSSR count). The molecule has 0 atom stereocenters. The topological polar surface area (TPSA) is 74.7 Å². The van der Waals surface area contributed by atoms with E-state index in [0.29, 0.717) is 13.0 Å². The lowest BCUT2D eigenvalue weighted by Gasteiger charge is -2.29. The molecular formula is C12H15NO4S. The number of aromatic carboxylic acids is 1. The molecule has 0 unspecified atom stereocenters. The van der Waals surface area contributed by atoms with Gasteiger partial charge in [0.25, 0.3) is 0 Å². The molecule has 98 valence electrons. The molecule has 0 aromatic heterocycles. The van der Waals surface area contributed by atoms with Crippen LogP contribution in [0.15, 0.2) is 18.2 Å². The second kappa shape index (κ2) is 4.61. The average Bonchev–Trinajstić information content (AvgIpc) is 2.29. The highest BCUT2D eigenvalue weighted by Gasteiger charge is 2.29. The maximum absolute atomic E-state index is 12.0. The van der Waals surface area contributed by atoms with E-state index in [-0.39, 0.29) is 17.0 Å². The van der Waals surface area contributed by atoms with Gasteiger partial charge in [-0.3, -0.25) is 4.31 Å². The summed E-state index contributed by atoms with van der Waals surface area (Å²) in [4.78, 5) is 11.2. The van der Waals surface area contributed by atoms with Crippen molar-refractivity contribution in [2.24, 2.45) is 0 Å². The van der Waals surface area contributed by atoms with Gasteiger partial charge in [0.2, 0.25) is 10.0 Å². The summed E-state index contributed by atoms with van der Waals surface area (Å²) in [6.45, 7) is 2.13. The minimum absolute atomic E-state index is 0.0421. The zero-order valence-corrected chi connectivity index (χ0v) is 10.9. The molecule has 0 radical (unpaired) electrons. The van der Waals surface area contributed by atoms with Crippen molar-refractivity contribution >= 4 is 21.7 Å². The normalized spacial score (nSPS) is 18.6. The number of rotatable bonds is 2. The molecule has 1 aliphatic heterocycles. The first-order valence-corrected chi connectivity index (χ1v) is 7.37. The van der Waals surface area contributed by atoms with Crippen molar-refractivity contribution in [3.63, 3.8) is 0 Å². The average molecular weight is 269 g/mol. The maximum Gasteiger partial charge on any atom is 0.337 e. The number of sulfonamides is 1. The molecule has 1 fully saturated rings. The van der Waals surface area contributed by atoms with Crippen LogP contribution in [0.5, 0.6) is 0 Å². The van der Waals surface area contributed by atoms with E-state index in [4.69, 9.17) is 5.11 Å². The van der Waals surface area contributed by atoms with Crippen LogP contribution in [0, 0.1) is 6.92 Å². The van der Waals surface area contributed by atoms with E-state index in [1.165, 1.54) is 10.4 Å². The first-order valence-electron chi connectivity index (χ1n) is 5.76. The lowest BCUT2D eigenvalue weighted by Crippen LogP contribution is -2.38. The van der Waals surface area contributed by atoms with Gasteiger partial charge in [0.1, 0.15) is 0 Å². The van der Waals surface area contributed by atoms with Crippen LogP contribution in [-0.4, -0.2) is 31.8 Å². The summed E-state index contributed by atoms with van der Waals surface area (Å²) in [5.41, 5.74) is 1.11. The largest absolute Gasteiger partial charge is 0.478 e. The summed E-state index contributed by atoms with van der Waals surface area (Å²) in [5, 5.41) is 9.17. The van der Waals surface area contributed by atoms with Gasteiger partial charge in [-0.05, 0) is 31.9 Å². The predicted octanol–water partition coefficient (Wildman–Crippen LogP) is 1.62. The Kier molecular flexibility index (Phi) is 3.30. The highest BCUT2D eigenvalue weighted by molar-refractivity contribution is 7.92. The fraction of sp³-hybridized carbons (Fsp3) is 0.417. The van der Waals surface area contributed by atoms with E-state index in [0.717, 1.165) is 12.0 Å². The van der Waals surface area contributed by atoms with Gasteiger partial charge < -0.3 is 5.11 Å². The summed E-state index contributed by atoms with van der Waals surface area (Å²) in [6, 6.07) is 4.80. The van der Waals surface area contributed by atoms with Crippen molar-refractivity contribution in [2.45, 2.75) is 19.8 Å². The minimum Gasteiger partial charge on any atom is -0.478 e. The van der Waals surface area contributed by atoms with Crippen molar-refractivity contribution < 1.29 is 18.3 Å². The first kappa shape index (κ1) is 12.9. The predicted molar refractivity (Wildman–Crippen MR) is 68.5 cm³/mol. The molecule has 1 saturated heterocycles. The molecule has 1 aliphatic rings. The molecule has 1 aromatic carbocycles. The number of carboxylic acid groups (broad SMARTS) is 1. The number of carboxylic acids is 1. The highest BCUT2D eigenvalue weighted by Crippen LogP contribution is 2.28. The van der Waals surface area contributed by atoms with Crippen molar-refractivity contribution in [3.05, 3.63) is 29.3 Å². The van der Waals surface area contributed by atoms with Crippen LogP contribution in [0.25, 0.3) is 0 Å². The van der Waals surface area contributed by atoms with Crippen molar-refractivity contribution in [1.29, 1.82) is 0 Å². The summed E-state index contributed by atoms with van der Waals surface area (Å²) in [6.07, 6.45) is 1.39. The van der Waals surface area contributed by atoms with Crippen LogP contribution in [0.2, 0.25) is 0 Å². The van der Waals surface area contributed by atoms with Crippen LogP contribution in [0.1, 0.15) is 28.8 Å². The lowest BCUT2D eigenvalue weighted by atomic mass is 10.1. The van der Waals surface area contributed by atoms with Gasteiger partial charge in [-0.15, -0.1) is 0 Å². The molecular weight excluding hydrogens is 254 g/mol. The SMILES string of the molecule is Cc1ccc(N2CCCCS2(=O)=O)c(C(=O)O)c1. The Morgan fingerprint density at radius 2 is 2.06 bits per heavy atom. The molecule has 1 heterocycles. The third-order valence-electron chi connectivity index (χ3n) is 3.00. The van der Waals surface area contributed by atoms with Crippen LogP contribution >= 0.6 is 0 Å². The summed E-state index contributed by atoms with van der Waals surface area (Å²) < 4.78 is 25.2.